The molecule has 0 spiro atoms. The van der Waals surface area contributed by atoms with E-state index in [1.165, 1.54) is 13.0 Å². The van der Waals surface area contributed by atoms with Gasteiger partial charge >= 0.3 is 0 Å². The lowest BCUT2D eigenvalue weighted by molar-refractivity contribution is 0.0909. The van der Waals surface area contributed by atoms with Crippen LogP contribution in [0.2, 0.25) is 0 Å². The van der Waals surface area contributed by atoms with Crippen LogP contribution in [0.4, 0.5) is 0 Å². The third-order valence-corrected chi connectivity index (χ3v) is 3.75. The topological polar surface area (TPSA) is 45.5 Å². The number of nitrogens with one attached hydrogen (secondary N) is 1. The Morgan fingerprint density at radius 2 is 2.11 bits per heavy atom. The first kappa shape index (κ1) is 14.1. The first-order valence-corrected chi connectivity index (χ1v) is 7.20. The molecule has 1 amide bonds. The fourth-order valence-electron chi connectivity index (χ4n) is 2.74. The number of amides is 1. The summed E-state index contributed by atoms with van der Waals surface area (Å²) in [6, 6.07) is 2.12. The highest BCUT2D eigenvalue weighted by atomic mass is 16.3. The largest absolute Gasteiger partial charge is 0.466 e. The first-order valence-electron chi connectivity index (χ1n) is 7.20. The van der Waals surface area contributed by atoms with Crippen LogP contribution in [0, 0.1) is 13.8 Å². The molecule has 0 radical (unpaired) electrons. The van der Waals surface area contributed by atoms with Crippen molar-refractivity contribution in [3.05, 3.63) is 23.2 Å². The molecule has 4 heteroatoms. The van der Waals surface area contributed by atoms with E-state index in [9.17, 15) is 4.79 Å². The number of aryl methyl sites for hydroxylation is 2. The SMILES string of the molecule is CCCN1CCC(NC(=O)c2cc(C)oc2C)CC1. The molecule has 0 unspecified atom stereocenters. The fraction of sp³-hybridized carbons (Fsp3) is 0.667. The molecule has 0 bridgehead atoms. The minimum absolute atomic E-state index is 0.00305. The van der Waals surface area contributed by atoms with E-state index in [0.29, 0.717) is 17.4 Å². The van der Waals surface area contributed by atoms with Crippen LogP contribution in [-0.2, 0) is 0 Å². The molecule has 2 rings (SSSR count). The average molecular weight is 264 g/mol. The second kappa shape index (κ2) is 6.24. The number of piperidine rings is 1. The van der Waals surface area contributed by atoms with Crippen LogP contribution >= 0.6 is 0 Å². The van der Waals surface area contributed by atoms with Gasteiger partial charge < -0.3 is 14.6 Å². The molecule has 2 heterocycles. The summed E-state index contributed by atoms with van der Waals surface area (Å²) in [6.07, 6.45) is 3.29. The van der Waals surface area contributed by atoms with E-state index in [0.717, 1.165) is 31.7 Å². The van der Waals surface area contributed by atoms with Gasteiger partial charge in [0, 0.05) is 19.1 Å². The minimum Gasteiger partial charge on any atom is -0.466 e. The zero-order valence-corrected chi connectivity index (χ0v) is 12.2. The summed E-state index contributed by atoms with van der Waals surface area (Å²) in [5, 5.41) is 3.13. The quantitative estimate of drug-likeness (QED) is 0.909. The summed E-state index contributed by atoms with van der Waals surface area (Å²) in [5.41, 5.74) is 0.675. The normalized spacial score (nSPS) is 17.6. The summed E-state index contributed by atoms with van der Waals surface area (Å²) in [5.74, 6) is 1.50. The smallest absolute Gasteiger partial charge is 0.255 e. The Morgan fingerprint density at radius 1 is 1.42 bits per heavy atom. The van der Waals surface area contributed by atoms with E-state index in [2.05, 4.69) is 17.1 Å². The molecule has 0 saturated carbocycles. The zero-order chi connectivity index (χ0) is 13.8. The van der Waals surface area contributed by atoms with Crippen LogP contribution in [-0.4, -0.2) is 36.5 Å². The van der Waals surface area contributed by atoms with Crippen molar-refractivity contribution in [2.75, 3.05) is 19.6 Å². The van der Waals surface area contributed by atoms with Crippen LogP contribution in [0.1, 0.15) is 48.1 Å². The third-order valence-electron chi connectivity index (χ3n) is 3.75. The average Bonchev–Trinajstić information content (AvgIpc) is 2.71. The molecule has 0 atom stereocenters. The van der Waals surface area contributed by atoms with Gasteiger partial charge in [-0.05, 0) is 45.7 Å². The molecule has 1 aromatic rings. The molecule has 106 valence electrons. The molecule has 1 aromatic heterocycles. The molecule has 0 aromatic carbocycles. The summed E-state index contributed by atoms with van der Waals surface area (Å²) < 4.78 is 5.40. The highest BCUT2D eigenvalue weighted by Gasteiger charge is 2.22. The Hall–Kier alpha value is -1.29. The second-order valence-electron chi connectivity index (χ2n) is 5.42. The van der Waals surface area contributed by atoms with E-state index in [1.54, 1.807) is 0 Å². The van der Waals surface area contributed by atoms with Gasteiger partial charge in [0.25, 0.3) is 5.91 Å². The summed E-state index contributed by atoms with van der Waals surface area (Å²) >= 11 is 0. The van der Waals surface area contributed by atoms with Crippen molar-refractivity contribution in [1.29, 1.82) is 0 Å². The fourth-order valence-corrected chi connectivity index (χ4v) is 2.74. The number of likely N-dealkylation sites (tertiary alicyclic amines) is 1. The van der Waals surface area contributed by atoms with Gasteiger partial charge in [0.1, 0.15) is 11.5 Å². The van der Waals surface area contributed by atoms with Gasteiger partial charge in [-0.2, -0.15) is 0 Å². The monoisotopic (exact) mass is 264 g/mol. The highest BCUT2D eigenvalue weighted by molar-refractivity contribution is 5.95. The summed E-state index contributed by atoms with van der Waals surface area (Å²) in [6.45, 7) is 9.25. The highest BCUT2D eigenvalue weighted by Crippen LogP contribution is 2.15. The van der Waals surface area contributed by atoms with Crippen molar-refractivity contribution in [2.45, 2.75) is 46.1 Å². The number of hydrogen-bond donors (Lipinski definition) is 1. The van der Waals surface area contributed by atoms with Crippen molar-refractivity contribution in [1.82, 2.24) is 10.2 Å². The number of nitrogens with zero attached hydrogens (tertiary/aromatic N) is 1. The Kier molecular flexibility index (Phi) is 4.64. The van der Waals surface area contributed by atoms with Gasteiger partial charge in [0.15, 0.2) is 0 Å². The van der Waals surface area contributed by atoms with E-state index >= 15 is 0 Å². The van der Waals surface area contributed by atoms with E-state index in [1.807, 2.05) is 19.9 Å². The van der Waals surface area contributed by atoms with Crippen molar-refractivity contribution in [2.24, 2.45) is 0 Å². The lowest BCUT2D eigenvalue weighted by Gasteiger charge is -2.32. The predicted octanol–water partition coefficient (Wildman–Crippen LogP) is 2.50. The van der Waals surface area contributed by atoms with Gasteiger partial charge in [0.05, 0.1) is 5.56 Å². The van der Waals surface area contributed by atoms with Crippen LogP contribution in [0.5, 0.6) is 0 Å². The second-order valence-corrected chi connectivity index (χ2v) is 5.42. The number of carbonyl (C=O) groups is 1. The molecule has 1 aliphatic heterocycles. The maximum Gasteiger partial charge on any atom is 0.255 e. The third kappa shape index (κ3) is 3.60. The molecule has 19 heavy (non-hydrogen) atoms. The number of furan rings is 1. The van der Waals surface area contributed by atoms with Crippen LogP contribution < -0.4 is 5.32 Å². The standard InChI is InChI=1S/C15H24N2O2/c1-4-7-17-8-5-13(6-9-17)16-15(18)14-10-11(2)19-12(14)3/h10,13H,4-9H2,1-3H3,(H,16,18). The molecular weight excluding hydrogens is 240 g/mol. The van der Waals surface area contributed by atoms with Crippen molar-refractivity contribution in [3.63, 3.8) is 0 Å². The number of carbonyl (C=O) groups excluding carboxylic acids is 1. The minimum atomic E-state index is 0.00305. The lowest BCUT2D eigenvalue weighted by Crippen LogP contribution is -2.44. The zero-order valence-electron chi connectivity index (χ0n) is 12.2. The lowest BCUT2D eigenvalue weighted by atomic mass is 10.0. The van der Waals surface area contributed by atoms with Crippen molar-refractivity contribution in [3.8, 4) is 0 Å². The molecule has 1 fully saturated rings. The van der Waals surface area contributed by atoms with Gasteiger partial charge in [-0.1, -0.05) is 6.92 Å². The number of rotatable bonds is 4. The van der Waals surface area contributed by atoms with Crippen LogP contribution in [0.15, 0.2) is 10.5 Å². The van der Waals surface area contributed by atoms with Crippen molar-refractivity contribution >= 4 is 5.91 Å². The van der Waals surface area contributed by atoms with Crippen LogP contribution in [0.3, 0.4) is 0 Å². The Bertz CT molecular complexity index is 431. The van der Waals surface area contributed by atoms with Gasteiger partial charge in [-0.25, -0.2) is 0 Å². The van der Waals surface area contributed by atoms with E-state index in [-0.39, 0.29) is 5.91 Å². The Balaban J connectivity index is 1.85. The molecule has 4 nitrogen and oxygen atoms in total. The maximum absolute atomic E-state index is 12.2. The van der Waals surface area contributed by atoms with Crippen molar-refractivity contribution < 1.29 is 9.21 Å². The Labute approximate surface area is 115 Å². The van der Waals surface area contributed by atoms with Gasteiger partial charge in [0.2, 0.25) is 0 Å². The maximum atomic E-state index is 12.2. The first-order chi connectivity index (χ1) is 9.10. The Morgan fingerprint density at radius 3 is 2.63 bits per heavy atom. The molecule has 1 N–H and O–H groups in total. The summed E-state index contributed by atoms with van der Waals surface area (Å²) in [7, 11) is 0. The van der Waals surface area contributed by atoms with Gasteiger partial charge in [-0.3, -0.25) is 4.79 Å². The number of hydrogen-bond acceptors (Lipinski definition) is 3. The van der Waals surface area contributed by atoms with E-state index in [4.69, 9.17) is 4.42 Å². The molecule has 1 aliphatic rings. The summed E-state index contributed by atoms with van der Waals surface area (Å²) in [4.78, 5) is 14.6. The van der Waals surface area contributed by atoms with Gasteiger partial charge in [-0.15, -0.1) is 0 Å². The predicted molar refractivity (Wildman–Crippen MR) is 75.4 cm³/mol. The molecule has 1 saturated heterocycles. The molecular formula is C15H24N2O2. The van der Waals surface area contributed by atoms with E-state index < -0.39 is 0 Å². The van der Waals surface area contributed by atoms with Crippen LogP contribution in [0.25, 0.3) is 0 Å². The molecule has 0 aliphatic carbocycles.